The van der Waals surface area contributed by atoms with Gasteiger partial charge in [0.2, 0.25) is 11.8 Å². The van der Waals surface area contributed by atoms with Crippen molar-refractivity contribution in [2.45, 2.75) is 31.7 Å². The molecule has 5 aromatic rings. The summed E-state index contributed by atoms with van der Waals surface area (Å²) < 4.78 is 19.5. The van der Waals surface area contributed by atoms with Crippen molar-refractivity contribution in [1.29, 1.82) is 0 Å². The zero-order chi connectivity index (χ0) is 33.5. The number of carbonyl (C=O) groups excluding carboxylic acids is 3. The molecule has 2 aliphatic rings. The van der Waals surface area contributed by atoms with E-state index in [4.69, 9.17) is 16.6 Å². The number of hydrazine groups is 1. The van der Waals surface area contributed by atoms with Crippen LogP contribution in [0.1, 0.15) is 16.7 Å². The molecule has 7 rings (SSSR count). The first-order valence-electron chi connectivity index (χ1n) is 15.0. The van der Waals surface area contributed by atoms with E-state index in [1.54, 1.807) is 40.2 Å². The maximum Gasteiger partial charge on any atom is 0.417 e. The van der Waals surface area contributed by atoms with Gasteiger partial charge in [0, 0.05) is 19.5 Å². The largest absolute Gasteiger partial charge is 0.417 e. The molecule has 0 unspecified atom stereocenters. The highest BCUT2D eigenvalue weighted by atomic mass is 32.1. The fourth-order valence-electron chi connectivity index (χ4n) is 6.32. The van der Waals surface area contributed by atoms with Gasteiger partial charge < -0.3 is 25.3 Å². The van der Waals surface area contributed by atoms with Crippen molar-refractivity contribution in [2.75, 3.05) is 25.4 Å². The number of nitrogens with zero attached hydrogens (tertiary/aromatic N) is 5. The number of nitrogen functional groups attached to an aromatic ring is 1. The maximum atomic E-state index is 14.3. The third kappa shape index (κ3) is 5.83. The number of urea groups is 1. The second-order valence-corrected chi connectivity index (χ2v) is 12.6. The number of terminal acetylenes is 1. The number of benzene rings is 3. The molecule has 48 heavy (non-hydrogen) atoms. The molecule has 4 amide bonds. The van der Waals surface area contributed by atoms with Crippen molar-refractivity contribution < 1.29 is 23.2 Å². The van der Waals surface area contributed by atoms with Gasteiger partial charge in [-0.3, -0.25) is 14.6 Å². The molecule has 2 aromatic heterocycles. The van der Waals surface area contributed by atoms with Crippen LogP contribution in [0.25, 0.3) is 21.3 Å². The van der Waals surface area contributed by atoms with E-state index in [1.165, 1.54) is 33.4 Å². The topological polar surface area (TPSA) is 161 Å². The maximum absolute atomic E-state index is 14.3. The number of nitrogens with two attached hydrogens (primary N) is 1. The summed E-state index contributed by atoms with van der Waals surface area (Å²) in [4.78, 5) is 63.6. The van der Waals surface area contributed by atoms with Gasteiger partial charge in [0.05, 0.1) is 35.4 Å². The smallest absolute Gasteiger partial charge is 0.408 e. The molecule has 0 spiro atoms. The first-order valence-corrected chi connectivity index (χ1v) is 15.9. The highest BCUT2D eigenvalue weighted by Crippen LogP contribution is 2.32. The number of rotatable bonds is 8. The number of amides is 4. The fraction of sp³-hybridized carbons (Fsp3) is 0.242. The number of halogens is 1. The van der Waals surface area contributed by atoms with Crippen LogP contribution < -0.4 is 16.8 Å². The summed E-state index contributed by atoms with van der Waals surface area (Å²) in [6.45, 7) is 0.0149. The van der Waals surface area contributed by atoms with Crippen LogP contribution in [0.4, 0.5) is 14.3 Å². The van der Waals surface area contributed by atoms with Gasteiger partial charge in [-0.05, 0) is 47.0 Å². The van der Waals surface area contributed by atoms with E-state index in [1.807, 2.05) is 18.2 Å². The highest BCUT2D eigenvalue weighted by molar-refractivity contribution is 7.22. The van der Waals surface area contributed by atoms with Crippen LogP contribution in [0, 0.1) is 18.2 Å². The predicted molar refractivity (Wildman–Crippen MR) is 175 cm³/mol. The molecule has 4 N–H and O–H groups in total. The lowest BCUT2D eigenvalue weighted by Crippen LogP contribution is -2.66. The lowest BCUT2D eigenvalue weighted by Gasteiger charge is -2.46. The molecular weight excluding hydrogens is 639 g/mol. The van der Waals surface area contributed by atoms with E-state index in [-0.39, 0.29) is 51.0 Å². The van der Waals surface area contributed by atoms with Gasteiger partial charge in [-0.2, -0.15) is 5.01 Å². The Morgan fingerprint density at radius 2 is 1.96 bits per heavy atom. The Morgan fingerprint density at radius 3 is 2.75 bits per heavy atom. The number of aromatic nitrogens is 2. The van der Waals surface area contributed by atoms with Crippen LogP contribution in [0.15, 0.2) is 69.9 Å². The van der Waals surface area contributed by atoms with Crippen LogP contribution in [0.3, 0.4) is 0 Å². The van der Waals surface area contributed by atoms with Gasteiger partial charge in [0.1, 0.15) is 18.0 Å². The molecule has 0 aliphatic carbocycles. The molecule has 15 heteroatoms. The molecule has 244 valence electrons. The fourth-order valence-corrected chi connectivity index (χ4v) is 7.11. The summed E-state index contributed by atoms with van der Waals surface area (Å²) in [6.07, 6.45) is 5.08. The number of oxazole rings is 1. The monoisotopic (exact) mass is 668 g/mol. The minimum atomic E-state index is -0.945. The number of piperazine rings is 1. The zero-order valence-electron chi connectivity index (χ0n) is 25.4. The second kappa shape index (κ2) is 12.5. The van der Waals surface area contributed by atoms with Gasteiger partial charge >= 0.3 is 11.8 Å². The Labute approximate surface area is 276 Å². The molecule has 13 nitrogen and oxygen atoms in total. The molecular formula is C33H29FN8O5S. The molecule has 0 bridgehead atoms. The Bertz CT molecular complexity index is 2150. The van der Waals surface area contributed by atoms with Crippen LogP contribution >= 0.6 is 11.3 Å². The Hall–Kier alpha value is -5.72. The lowest BCUT2D eigenvalue weighted by atomic mass is 9.99. The van der Waals surface area contributed by atoms with Crippen molar-refractivity contribution in [2.24, 2.45) is 0 Å². The quantitative estimate of drug-likeness (QED) is 0.213. The summed E-state index contributed by atoms with van der Waals surface area (Å²) in [7, 11) is 0. The first kappa shape index (κ1) is 30.9. The van der Waals surface area contributed by atoms with E-state index >= 15 is 0 Å². The van der Waals surface area contributed by atoms with Crippen molar-refractivity contribution in [1.82, 2.24) is 35.1 Å². The van der Waals surface area contributed by atoms with Crippen molar-refractivity contribution in [3.8, 4) is 12.3 Å². The Kier molecular flexibility index (Phi) is 8.03. The molecule has 2 aliphatic heterocycles. The lowest BCUT2D eigenvalue weighted by molar-refractivity contribution is -0.157. The van der Waals surface area contributed by atoms with E-state index in [2.05, 4.69) is 21.2 Å². The number of nitrogens with one attached hydrogen (secondary N) is 2. The molecule has 2 fully saturated rings. The molecule has 2 saturated heterocycles. The summed E-state index contributed by atoms with van der Waals surface area (Å²) in [5.74, 6) is 0.861. The number of hydrogen-bond donors (Lipinski definition) is 3. The van der Waals surface area contributed by atoms with E-state index in [9.17, 15) is 23.6 Å². The van der Waals surface area contributed by atoms with Crippen LogP contribution in [0.2, 0.25) is 0 Å². The van der Waals surface area contributed by atoms with Crippen molar-refractivity contribution >= 4 is 55.6 Å². The van der Waals surface area contributed by atoms with Gasteiger partial charge in [0.15, 0.2) is 10.7 Å². The van der Waals surface area contributed by atoms with Crippen LogP contribution in [-0.4, -0.2) is 79.5 Å². The van der Waals surface area contributed by atoms with E-state index < -0.39 is 29.8 Å². The minimum absolute atomic E-state index is 0.0785. The number of para-hydroxylation sites is 1. The number of carbonyl (C=O) groups is 3. The van der Waals surface area contributed by atoms with Crippen LogP contribution in [-0.2, 0) is 29.1 Å². The Morgan fingerprint density at radius 1 is 1.17 bits per heavy atom. The van der Waals surface area contributed by atoms with E-state index in [0.717, 1.165) is 10.3 Å². The molecule has 2 atom stereocenters. The third-order valence-corrected chi connectivity index (χ3v) is 9.35. The van der Waals surface area contributed by atoms with Gasteiger partial charge in [-0.25, -0.2) is 24.0 Å². The molecule has 0 radical (unpaired) electrons. The first-order chi connectivity index (χ1) is 23.2. The summed E-state index contributed by atoms with van der Waals surface area (Å²) in [5.41, 5.74) is 9.65. The molecule has 3 aromatic carbocycles. The minimum Gasteiger partial charge on any atom is -0.408 e. The van der Waals surface area contributed by atoms with Gasteiger partial charge in [0.25, 0.3) is 0 Å². The molecule has 4 heterocycles. The number of thiazole rings is 1. The van der Waals surface area contributed by atoms with Crippen LogP contribution in [0.5, 0.6) is 0 Å². The number of anilines is 1. The highest BCUT2D eigenvalue weighted by Gasteiger charge is 2.52. The van der Waals surface area contributed by atoms with Gasteiger partial charge in [-0.15, -0.1) is 6.42 Å². The predicted octanol–water partition coefficient (Wildman–Crippen LogP) is 2.64. The number of aromatic amines is 1. The number of hydrogen-bond acceptors (Lipinski definition) is 9. The summed E-state index contributed by atoms with van der Waals surface area (Å²) in [6, 6.07) is 15.0. The number of fused-ring (bicyclic) bond motifs is 3. The molecule has 0 saturated carbocycles. The van der Waals surface area contributed by atoms with Crippen molar-refractivity contribution in [3.05, 3.63) is 93.7 Å². The zero-order valence-corrected chi connectivity index (χ0v) is 26.2. The summed E-state index contributed by atoms with van der Waals surface area (Å²) >= 11 is 1.35. The van der Waals surface area contributed by atoms with Gasteiger partial charge in [-0.1, -0.05) is 47.6 Å². The van der Waals surface area contributed by atoms with E-state index in [0.29, 0.717) is 32.9 Å². The third-order valence-electron chi connectivity index (χ3n) is 8.50. The second-order valence-electron chi connectivity index (χ2n) is 11.5. The SMILES string of the molecule is C#CCN(C(=O)NCc1ccc(F)cc1)N1CC(=O)N2[C@@H](Cc3ccc4[nH]c(=O)oc4c3)C(=O)N(Cc3cccc4sc(N)nc34)C[C@@H]21. The average Bonchev–Trinajstić information content (AvgIpc) is 3.74. The standard InChI is InChI=1S/C33H29FN8O5S/c1-2-12-40(32(45)36-15-19-6-9-22(34)10-7-19)41-18-28(43)42-24(13-20-8-11-23-25(14-20)47-33(46)37-23)30(44)39(17-27(41)42)16-21-4-3-5-26-29(21)38-31(35)48-26/h1,3-11,14,24,27H,12-13,15-18H2,(H2,35,38)(H,36,45)(H,37,46)/t24-,27+/m0/s1. The number of H-pyrrole nitrogens is 1. The Balaban J connectivity index is 1.21. The summed E-state index contributed by atoms with van der Waals surface area (Å²) in [5, 5.41) is 6.09. The average molecular weight is 669 g/mol. The van der Waals surface area contributed by atoms with Crippen molar-refractivity contribution in [3.63, 3.8) is 0 Å². The normalized spacial score (nSPS) is 18.0.